The van der Waals surface area contributed by atoms with E-state index in [1.807, 2.05) is 47.4 Å². The first-order valence-corrected chi connectivity index (χ1v) is 13.4. The van der Waals surface area contributed by atoms with E-state index in [2.05, 4.69) is 36.3 Å². The van der Waals surface area contributed by atoms with Crippen LogP contribution in [0.25, 0.3) is 11.4 Å². The van der Waals surface area contributed by atoms with E-state index in [1.165, 1.54) is 0 Å². The Kier molecular flexibility index (Phi) is 7.77. The molecule has 2 saturated heterocycles. The van der Waals surface area contributed by atoms with Crippen molar-refractivity contribution >= 4 is 33.4 Å². The minimum absolute atomic E-state index is 0.00601. The molecule has 0 aliphatic carbocycles. The fourth-order valence-electron chi connectivity index (χ4n) is 4.95. The van der Waals surface area contributed by atoms with E-state index in [0.717, 1.165) is 61.8 Å². The molecule has 1 aromatic heterocycles. The molecule has 1 unspecified atom stereocenters. The van der Waals surface area contributed by atoms with Crippen LogP contribution in [0.3, 0.4) is 0 Å². The van der Waals surface area contributed by atoms with Crippen LogP contribution >= 0.6 is 15.9 Å². The van der Waals surface area contributed by atoms with Crippen molar-refractivity contribution in [2.45, 2.75) is 38.6 Å². The lowest BCUT2D eigenvalue weighted by atomic mass is 9.96. The molecule has 0 bridgehead atoms. The third kappa shape index (κ3) is 5.84. The van der Waals surface area contributed by atoms with E-state index in [4.69, 9.17) is 4.52 Å². The summed E-state index contributed by atoms with van der Waals surface area (Å²) in [5.74, 6) is 0.841. The molecular weight excluding hydrogens is 522 g/mol. The first-order chi connectivity index (χ1) is 17.6. The van der Waals surface area contributed by atoms with Crippen molar-refractivity contribution < 1.29 is 14.1 Å². The van der Waals surface area contributed by atoms with Crippen molar-refractivity contribution in [2.75, 3.05) is 31.5 Å². The molecule has 2 aliphatic rings. The van der Waals surface area contributed by atoms with E-state index in [9.17, 15) is 9.59 Å². The third-order valence-electron chi connectivity index (χ3n) is 6.84. The third-order valence-corrected chi connectivity index (χ3v) is 7.34. The number of carbonyl (C=O) groups is 2. The molecule has 188 valence electrons. The maximum absolute atomic E-state index is 13.2. The second-order valence-electron chi connectivity index (χ2n) is 9.48. The Labute approximate surface area is 219 Å². The second-order valence-corrected chi connectivity index (χ2v) is 10.4. The molecule has 1 N–H and O–H groups in total. The number of likely N-dealkylation sites (tertiary alicyclic amines) is 2. The molecular formula is C27H30BrN5O3. The zero-order chi connectivity index (χ0) is 24.9. The molecule has 36 heavy (non-hydrogen) atoms. The molecule has 3 heterocycles. The van der Waals surface area contributed by atoms with Crippen LogP contribution in [0.2, 0.25) is 0 Å². The monoisotopic (exact) mass is 551 g/mol. The minimum atomic E-state index is -0.177. The van der Waals surface area contributed by atoms with Crippen molar-refractivity contribution in [3.05, 3.63) is 64.5 Å². The van der Waals surface area contributed by atoms with E-state index < -0.39 is 0 Å². The summed E-state index contributed by atoms with van der Waals surface area (Å²) in [7, 11) is 0. The Balaban J connectivity index is 1.21. The maximum atomic E-state index is 13.2. The highest BCUT2D eigenvalue weighted by molar-refractivity contribution is 9.10. The lowest BCUT2D eigenvalue weighted by molar-refractivity contribution is -0.121. The Morgan fingerprint density at radius 1 is 1.03 bits per heavy atom. The highest BCUT2D eigenvalue weighted by Gasteiger charge is 2.28. The van der Waals surface area contributed by atoms with Crippen LogP contribution in [-0.4, -0.2) is 57.9 Å². The smallest absolute Gasteiger partial charge is 0.255 e. The molecule has 0 radical (unpaired) electrons. The van der Waals surface area contributed by atoms with Gasteiger partial charge in [-0.25, -0.2) is 0 Å². The highest BCUT2D eigenvalue weighted by Crippen LogP contribution is 2.25. The molecule has 2 fully saturated rings. The summed E-state index contributed by atoms with van der Waals surface area (Å²) in [5, 5.41) is 7.17. The van der Waals surface area contributed by atoms with Gasteiger partial charge in [-0.1, -0.05) is 45.4 Å². The van der Waals surface area contributed by atoms with Gasteiger partial charge in [0.05, 0.1) is 23.7 Å². The number of hydrogen-bond donors (Lipinski definition) is 1. The van der Waals surface area contributed by atoms with Crippen molar-refractivity contribution in [2.24, 2.45) is 5.92 Å². The van der Waals surface area contributed by atoms with E-state index in [1.54, 1.807) is 6.07 Å². The molecule has 2 aromatic carbocycles. The van der Waals surface area contributed by atoms with Crippen molar-refractivity contribution in [3.63, 3.8) is 0 Å². The van der Waals surface area contributed by atoms with Gasteiger partial charge in [0.1, 0.15) is 0 Å². The van der Waals surface area contributed by atoms with Crippen LogP contribution in [0.4, 0.5) is 5.69 Å². The van der Waals surface area contributed by atoms with Gasteiger partial charge in [0.25, 0.3) is 5.91 Å². The number of amides is 2. The quantitative estimate of drug-likeness (QED) is 0.464. The number of nitrogens with one attached hydrogen (secondary N) is 1. The largest absolute Gasteiger partial charge is 0.339 e. The van der Waals surface area contributed by atoms with Crippen LogP contribution in [0.1, 0.15) is 48.4 Å². The minimum Gasteiger partial charge on any atom is -0.339 e. The number of aromatic nitrogens is 2. The SMILES string of the molecule is O=C(Nc1ccccc1C(=O)N1CCCCC1)C1CCCN(Cc2nc(-c3cccc(Br)c3)no2)C1. The normalized spacial score (nSPS) is 18.7. The fraction of sp³-hybridized carbons (Fsp3) is 0.407. The van der Waals surface area contributed by atoms with Gasteiger partial charge in [-0.2, -0.15) is 4.98 Å². The van der Waals surface area contributed by atoms with Crippen LogP contribution in [0, 0.1) is 5.92 Å². The zero-order valence-corrected chi connectivity index (χ0v) is 21.7. The standard InChI is InChI=1S/C27H30BrN5O3/c28-21-10-6-8-19(16-21)25-30-24(36-31-25)18-32-13-7-9-20(17-32)26(34)29-23-12-3-2-11-22(23)27(35)33-14-4-1-5-15-33/h2-3,6,8,10-12,16,20H,1,4-5,7,9,13-15,17-18H2,(H,29,34). The van der Waals surface area contributed by atoms with Crippen molar-refractivity contribution in [1.82, 2.24) is 19.9 Å². The summed E-state index contributed by atoms with van der Waals surface area (Å²) in [4.78, 5) is 34.9. The molecule has 0 spiro atoms. The Hall–Kier alpha value is -3.04. The Bertz CT molecular complexity index is 1220. The van der Waals surface area contributed by atoms with Gasteiger partial charge in [-0.05, 0) is 62.9 Å². The molecule has 2 aliphatic heterocycles. The molecule has 5 rings (SSSR count). The summed E-state index contributed by atoms with van der Waals surface area (Å²) in [6.07, 6.45) is 4.93. The molecule has 3 aromatic rings. The number of para-hydroxylation sites is 1. The van der Waals surface area contributed by atoms with E-state index >= 15 is 0 Å². The molecule has 0 saturated carbocycles. The lowest BCUT2D eigenvalue weighted by Crippen LogP contribution is -2.40. The topological polar surface area (TPSA) is 91.6 Å². The summed E-state index contributed by atoms with van der Waals surface area (Å²) in [6, 6.07) is 15.1. The lowest BCUT2D eigenvalue weighted by Gasteiger charge is -2.31. The number of carbonyl (C=O) groups excluding carboxylic acids is 2. The van der Waals surface area contributed by atoms with Crippen LogP contribution in [0.15, 0.2) is 57.5 Å². The summed E-state index contributed by atoms with van der Waals surface area (Å²) >= 11 is 3.47. The number of halogens is 1. The molecule has 9 heteroatoms. The predicted octanol–water partition coefficient (Wildman–Crippen LogP) is 4.98. The fourth-order valence-corrected chi connectivity index (χ4v) is 5.35. The first-order valence-electron chi connectivity index (χ1n) is 12.6. The number of anilines is 1. The molecule has 1 atom stereocenters. The number of hydrogen-bond acceptors (Lipinski definition) is 6. The molecule has 2 amide bonds. The predicted molar refractivity (Wildman–Crippen MR) is 140 cm³/mol. The van der Waals surface area contributed by atoms with Gasteiger partial charge in [-0.15, -0.1) is 0 Å². The number of nitrogens with zero attached hydrogens (tertiary/aromatic N) is 4. The highest BCUT2D eigenvalue weighted by atomic mass is 79.9. The Morgan fingerprint density at radius 3 is 2.69 bits per heavy atom. The number of rotatable bonds is 6. The van der Waals surface area contributed by atoms with Gasteiger partial charge < -0.3 is 14.7 Å². The number of piperidine rings is 2. The average Bonchev–Trinajstić information content (AvgIpc) is 3.38. The average molecular weight is 552 g/mol. The second kappa shape index (κ2) is 11.3. The van der Waals surface area contributed by atoms with E-state index in [0.29, 0.717) is 36.1 Å². The Morgan fingerprint density at radius 2 is 1.86 bits per heavy atom. The first kappa shape index (κ1) is 24.6. The van der Waals surface area contributed by atoms with Crippen LogP contribution in [0.5, 0.6) is 0 Å². The van der Waals surface area contributed by atoms with Gasteiger partial charge in [-0.3, -0.25) is 14.5 Å². The zero-order valence-electron chi connectivity index (χ0n) is 20.2. The van der Waals surface area contributed by atoms with Gasteiger partial charge in [0.2, 0.25) is 17.6 Å². The summed E-state index contributed by atoms with van der Waals surface area (Å²) in [6.45, 7) is 3.51. The summed E-state index contributed by atoms with van der Waals surface area (Å²) < 4.78 is 6.45. The summed E-state index contributed by atoms with van der Waals surface area (Å²) in [5.41, 5.74) is 2.03. The van der Waals surface area contributed by atoms with Gasteiger partial charge in [0, 0.05) is 29.7 Å². The van der Waals surface area contributed by atoms with Crippen molar-refractivity contribution in [3.8, 4) is 11.4 Å². The van der Waals surface area contributed by atoms with E-state index in [-0.39, 0.29) is 17.7 Å². The molecule has 8 nitrogen and oxygen atoms in total. The van der Waals surface area contributed by atoms with Gasteiger partial charge in [0.15, 0.2) is 0 Å². The maximum Gasteiger partial charge on any atom is 0.255 e. The van der Waals surface area contributed by atoms with Crippen LogP contribution in [-0.2, 0) is 11.3 Å². The van der Waals surface area contributed by atoms with Gasteiger partial charge >= 0.3 is 0 Å². The van der Waals surface area contributed by atoms with Crippen molar-refractivity contribution in [1.29, 1.82) is 0 Å². The number of benzene rings is 2. The van der Waals surface area contributed by atoms with Crippen LogP contribution < -0.4 is 5.32 Å².